The molecule has 19 heavy (non-hydrogen) atoms. The third-order valence-electron chi connectivity index (χ3n) is 3.49. The van der Waals surface area contributed by atoms with Gasteiger partial charge in [-0.05, 0) is 23.3 Å². The number of rotatable bonds is 1. The van der Waals surface area contributed by atoms with E-state index >= 15 is 0 Å². The Morgan fingerprint density at radius 3 is 1.84 bits per heavy atom. The fourth-order valence-electron chi connectivity index (χ4n) is 2.54. The lowest BCUT2D eigenvalue weighted by molar-refractivity contribution is 0.489. The van der Waals surface area contributed by atoms with Gasteiger partial charge in [0.05, 0.1) is 0 Å². The van der Waals surface area contributed by atoms with Crippen molar-refractivity contribution in [2.75, 3.05) is 0 Å². The van der Waals surface area contributed by atoms with E-state index in [0.29, 0.717) is 0 Å². The van der Waals surface area contributed by atoms with Gasteiger partial charge in [0.2, 0.25) is 0 Å². The Morgan fingerprint density at radius 1 is 0.526 bits per heavy atom. The molecule has 0 amide bonds. The SMILES string of the molecule is c1ccc(-c2cccc3c2Oc2ccc-3cc2)cc1. The molecule has 5 rings (SSSR count). The van der Waals surface area contributed by atoms with Crippen LogP contribution in [0.2, 0.25) is 0 Å². The predicted molar refractivity (Wildman–Crippen MR) is 77.4 cm³/mol. The summed E-state index contributed by atoms with van der Waals surface area (Å²) in [5.74, 6) is 1.85. The predicted octanol–water partition coefficient (Wildman–Crippen LogP) is 5.13. The van der Waals surface area contributed by atoms with Crippen molar-refractivity contribution in [2.24, 2.45) is 0 Å². The molecule has 0 unspecified atom stereocenters. The molecule has 0 aliphatic carbocycles. The van der Waals surface area contributed by atoms with Crippen LogP contribution in [0, 0.1) is 0 Å². The van der Waals surface area contributed by atoms with Gasteiger partial charge in [-0.2, -0.15) is 0 Å². The van der Waals surface area contributed by atoms with Crippen LogP contribution in [-0.4, -0.2) is 0 Å². The molecule has 0 saturated carbocycles. The number of fused-ring (bicyclic) bond motifs is 2. The molecule has 2 heterocycles. The standard InChI is InChI=1S/C18H12O/c1-2-5-13(6-3-1)16-7-4-8-17-14-9-11-15(12-10-14)19-18(16)17/h1-12H. The van der Waals surface area contributed by atoms with E-state index in [9.17, 15) is 0 Å². The van der Waals surface area contributed by atoms with Crippen molar-refractivity contribution < 1.29 is 4.74 Å². The van der Waals surface area contributed by atoms with Gasteiger partial charge in [-0.15, -0.1) is 0 Å². The zero-order valence-electron chi connectivity index (χ0n) is 10.3. The van der Waals surface area contributed by atoms with Crippen molar-refractivity contribution in [1.82, 2.24) is 0 Å². The summed E-state index contributed by atoms with van der Waals surface area (Å²) in [6, 6.07) is 24.9. The lowest BCUT2D eigenvalue weighted by atomic mass is 9.98. The molecule has 3 aromatic carbocycles. The molecule has 1 nitrogen and oxygen atoms in total. The summed E-state index contributed by atoms with van der Waals surface area (Å²) in [5.41, 5.74) is 4.68. The molecule has 0 spiro atoms. The fraction of sp³-hybridized carbons (Fsp3) is 0. The van der Waals surface area contributed by atoms with Gasteiger partial charge in [0.1, 0.15) is 11.5 Å². The molecule has 3 aromatic rings. The quantitative estimate of drug-likeness (QED) is 0.451. The zero-order chi connectivity index (χ0) is 12.7. The van der Waals surface area contributed by atoms with Crippen molar-refractivity contribution in [3.8, 4) is 33.8 Å². The average Bonchev–Trinajstić information content (AvgIpc) is 2.77. The molecule has 2 aliphatic heterocycles. The third-order valence-corrected chi connectivity index (χ3v) is 3.49. The lowest BCUT2D eigenvalue weighted by Crippen LogP contribution is -1.88. The van der Waals surface area contributed by atoms with Gasteiger partial charge in [-0.1, -0.05) is 60.7 Å². The number of benzene rings is 3. The van der Waals surface area contributed by atoms with Gasteiger partial charge < -0.3 is 4.74 Å². The molecule has 2 aliphatic rings. The lowest BCUT2D eigenvalue weighted by Gasteiger charge is -2.12. The molecule has 90 valence electrons. The normalized spacial score (nSPS) is 11.6. The molecule has 0 N–H and O–H groups in total. The van der Waals surface area contributed by atoms with E-state index < -0.39 is 0 Å². The minimum absolute atomic E-state index is 0.894. The summed E-state index contributed by atoms with van der Waals surface area (Å²) in [5, 5.41) is 0. The Hall–Kier alpha value is -2.54. The highest BCUT2D eigenvalue weighted by Gasteiger charge is 2.17. The van der Waals surface area contributed by atoms with E-state index in [4.69, 9.17) is 4.74 Å². The number of hydrogen-bond acceptors (Lipinski definition) is 1. The van der Waals surface area contributed by atoms with E-state index in [2.05, 4.69) is 54.6 Å². The van der Waals surface area contributed by atoms with Crippen LogP contribution in [0.1, 0.15) is 0 Å². The Labute approximate surface area is 112 Å². The minimum atomic E-state index is 0.894. The van der Waals surface area contributed by atoms with Crippen molar-refractivity contribution in [1.29, 1.82) is 0 Å². The Kier molecular flexibility index (Phi) is 2.18. The second-order valence-corrected chi connectivity index (χ2v) is 4.67. The summed E-state index contributed by atoms with van der Waals surface area (Å²) < 4.78 is 6.06. The highest BCUT2D eigenvalue weighted by molar-refractivity contribution is 5.84. The molecular formula is C18H12O. The molecule has 0 radical (unpaired) electrons. The van der Waals surface area contributed by atoms with Crippen LogP contribution < -0.4 is 4.74 Å². The van der Waals surface area contributed by atoms with Crippen LogP contribution >= 0.6 is 0 Å². The zero-order valence-corrected chi connectivity index (χ0v) is 10.3. The molecule has 1 heteroatoms. The first-order valence-corrected chi connectivity index (χ1v) is 6.38. The molecule has 2 bridgehead atoms. The Balaban J connectivity index is 1.99. The highest BCUT2D eigenvalue weighted by Crippen LogP contribution is 2.44. The van der Waals surface area contributed by atoms with Crippen molar-refractivity contribution in [2.45, 2.75) is 0 Å². The van der Waals surface area contributed by atoms with Crippen molar-refractivity contribution in [3.63, 3.8) is 0 Å². The van der Waals surface area contributed by atoms with E-state index in [0.717, 1.165) is 22.6 Å². The third kappa shape index (κ3) is 1.63. The summed E-state index contributed by atoms with van der Waals surface area (Å²) in [6.45, 7) is 0. The van der Waals surface area contributed by atoms with E-state index in [-0.39, 0.29) is 0 Å². The van der Waals surface area contributed by atoms with Crippen molar-refractivity contribution >= 4 is 0 Å². The largest absolute Gasteiger partial charge is 0.456 e. The first-order chi connectivity index (χ1) is 9.42. The van der Waals surface area contributed by atoms with Crippen LogP contribution in [0.3, 0.4) is 0 Å². The number of hydrogen-bond donors (Lipinski definition) is 0. The topological polar surface area (TPSA) is 9.23 Å². The molecule has 0 aromatic heterocycles. The summed E-state index contributed by atoms with van der Waals surface area (Å²) in [6.07, 6.45) is 0. The maximum absolute atomic E-state index is 6.06. The van der Waals surface area contributed by atoms with Crippen LogP contribution in [0.25, 0.3) is 22.3 Å². The van der Waals surface area contributed by atoms with E-state index in [1.807, 2.05) is 18.2 Å². The maximum atomic E-state index is 6.06. The fourth-order valence-corrected chi connectivity index (χ4v) is 2.54. The van der Waals surface area contributed by atoms with Gasteiger partial charge in [0, 0.05) is 11.1 Å². The van der Waals surface area contributed by atoms with Gasteiger partial charge in [-0.3, -0.25) is 0 Å². The van der Waals surface area contributed by atoms with Crippen LogP contribution in [0.4, 0.5) is 0 Å². The second-order valence-electron chi connectivity index (χ2n) is 4.67. The maximum Gasteiger partial charge on any atom is 0.143 e. The van der Waals surface area contributed by atoms with Gasteiger partial charge >= 0.3 is 0 Å². The average molecular weight is 244 g/mol. The van der Waals surface area contributed by atoms with Crippen LogP contribution in [-0.2, 0) is 0 Å². The first-order valence-electron chi connectivity index (χ1n) is 6.38. The Bertz CT molecular complexity index is 727. The summed E-state index contributed by atoms with van der Waals surface area (Å²) >= 11 is 0. The van der Waals surface area contributed by atoms with Gasteiger partial charge in [0.25, 0.3) is 0 Å². The first kappa shape index (κ1) is 10.4. The highest BCUT2D eigenvalue weighted by atomic mass is 16.5. The molecular weight excluding hydrogens is 232 g/mol. The smallest absolute Gasteiger partial charge is 0.143 e. The second kappa shape index (κ2) is 3.99. The minimum Gasteiger partial charge on any atom is -0.456 e. The number of para-hydroxylation sites is 1. The molecule has 0 saturated heterocycles. The molecule has 0 fully saturated rings. The summed E-state index contributed by atoms with van der Waals surface area (Å²) in [7, 11) is 0. The molecule has 0 atom stereocenters. The van der Waals surface area contributed by atoms with Crippen molar-refractivity contribution in [3.05, 3.63) is 72.8 Å². The van der Waals surface area contributed by atoms with Crippen LogP contribution in [0.5, 0.6) is 11.5 Å². The van der Waals surface area contributed by atoms with E-state index in [1.165, 1.54) is 11.1 Å². The number of ether oxygens (including phenoxy) is 1. The van der Waals surface area contributed by atoms with Crippen LogP contribution in [0.15, 0.2) is 72.8 Å². The summed E-state index contributed by atoms with van der Waals surface area (Å²) in [4.78, 5) is 0. The van der Waals surface area contributed by atoms with Gasteiger partial charge in [-0.25, -0.2) is 0 Å². The monoisotopic (exact) mass is 244 g/mol. The van der Waals surface area contributed by atoms with E-state index in [1.54, 1.807) is 0 Å². The van der Waals surface area contributed by atoms with Gasteiger partial charge in [0.15, 0.2) is 0 Å². The Morgan fingerprint density at radius 2 is 1.16 bits per heavy atom.